The van der Waals surface area contributed by atoms with E-state index < -0.39 is 0 Å². The maximum Gasteiger partial charge on any atom is 0.0750 e. The molecule has 11 rings (SSSR count). The molecule has 2 heteroatoms. The molecule has 0 fully saturated rings. The highest BCUT2D eigenvalue weighted by Crippen LogP contribution is 2.62. The average molecular weight is 561 g/mol. The molecule has 0 radical (unpaired) electrons. The van der Waals surface area contributed by atoms with Crippen molar-refractivity contribution in [3.63, 3.8) is 0 Å². The minimum absolute atomic E-state index is 0.397. The first-order chi connectivity index (χ1) is 21.8. The van der Waals surface area contributed by atoms with Crippen LogP contribution in [0.3, 0.4) is 0 Å². The molecule has 0 aliphatic heterocycles. The molecule has 44 heavy (non-hydrogen) atoms. The predicted octanol–water partition coefficient (Wildman–Crippen LogP) is 10.1. The van der Waals surface area contributed by atoms with Gasteiger partial charge in [0.05, 0.1) is 22.4 Å². The smallest absolute Gasteiger partial charge is 0.0750 e. The molecule has 0 amide bonds. The van der Waals surface area contributed by atoms with E-state index in [0.29, 0.717) is 23.7 Å². The Morgan fingerprint density at radius 3 is 1.11 bits per heavy atom. The van der Waals surface area contributed by atoms with Gasteiger partial charge < -0.3 is 0 Å². The van der Waals surface area contributed by atoms with Crippen LogP contribution < -0.4 is 0 Å². The van der Waals surface area contributed by atoms with Crippen LogP contribution in [0.25, 0.3) is 44.3 Å². The minimum Gasteiger partial charge on any atom is -0.247 e. The summed E-state index contributed by atoms with van der Waals surface area (Å²) in [6, 6.07) is 44.7. The number of benzene rings is 5. The van der Waals surface area contributed by atoms with Crippen LogP contribution in [-0.2, 0) is 0 Å². The summed E-state index contributed by atoms with van der Waals surface area (Å²) in [6.45, 7) is 0. The van der Waals surface area contributed by atoms with Gasteiger partial charge in [0.2, 0.25) is 0 Å². The number of hydrogen-bond acceptors (Lipinski definition) is 2. The first-order valence-corrected chi connectivity index (χ1v) is 16.0. The molecule has 4 atom stereocenters. The van der Waals surface area contributed by atoms with Gasteiger partial charge in [0.25, 0.3) is 0 Å². The van der Waals surface area contributed by atoms with Crippen LogP contribution in [0.15, 0.2) is 121 Å². The van der Waals surface area contributed by atoms with E-state index in [1.165, 1.54) is 66.4 Å². The Morgan fingerprint density at radius 1 is 0.386 bits per heavy atom. The van der Waals surface area contributed by atoms with Crippen LogP contribution in [0, 0.1) is 0 Å². The molecule has 0 spiro atoms. The van der Waals surface area contributed by atoms with Crippen molar-refractivity contribution < 1.29 is 0 Å². The molecule has 4 aliphatic rings. The van der Waals surface area contributed by atoms with E-state index in [9.17, 15) is 0 Å². The van der Waals surface area contributed by atoms with E-state index in [0.717, 1.165) is 35.3 Å². The maximum absolute atomic E-state index is 5.54. The van der Waals surface area contributed by atoms with Crippen LogP contribution in [0.1, 0.15) is 81.0 Å². The lowest BCUT2D eigenvalue weighted by atomic mass is 9.80. The molecular formula is C42H28N2. The van der Waals surface area contributed by atoms with Crippen molar-refractivity contribution in [3.05, 3.63) is 166 Å². The van der Waals surface area contributed by atoms with Gasteiger partial charge in [0.15, 0.2) is 0 Å². The number of hydrogen-bond donors (Lipinski definition) is 0. The number of aromatic nitrogens is 2. The zero-order valence-electron chi connectivity index (χ0n) is 24.2. The Kier molecular flexibility index (Phi) is 4.41. The molecule has 2 nitrogen and oxygen atoms in total. The Bertz CT molecular complexity index is 2190. The summed E-state index contributed by atoms with van der Waals surface area (Å²) in [6.07, 6.45) is 2.28. The van der Waals surface area contributed by atoms with Crippen LogP contribution in [0.2, 0.25) is 0 Å². The van der Waals surface area contributed by atoms with Gasteiger partial charge in [-0.15, -0.1) is 0 Å². The molecule has 4 aliphatic carbocycles. The molecular weight excluding hydrogens is 532 g/mol. The van der Waals surface area contributed by atoms with Crippen molar-refractivity contribution in [2.24, 2.45) is 0 Å². The van der Waals surface area contributed by atoms with E-state index in [2.05, 4.69) is 121 Å². The maximum atomic E-state index is 5.54. The Labute approximate surface area is 256 Å². The van der Waals surface area contributed by atoms with Gasteiger partial charge in [0, 0.05) is 45.6 Å². The zero-order valence-corrected chi connectivity index (χ0v) is 24.2. The summed E-state index contributed by atoms with van der Waals surface area (Å²) in [5.74, 6) is 1.60. The third-order valence-electron chi connectivity index (χ3n) is 11.2. The van der Waals surface area contributed by atoms with E-state index in [-0.39, 0.29) is 0 Å². The topological polar surface area (TPSA) is 25.8 Å². The monoisotopic (exact) mass is 560 g/mol. The number of nitrogens with zero attached hydrogens (tertiary/aromatic N) is 2. The summed E-state index contributed by atoms with van der Waals surface area (Å²) in [4.78, 5) is 11.1. The number of rotatable bonds is 2. The summed E-state index contributed by atoms with van der Waals surface area (Å²) in [7, 11) is 0. The predicted molar refractivity (Wildman–Crippen MR) is 177 cm³/mol. The highest BCUT2D eigenvalue weighted by atomic mass is 14.8. The second-order valence-electron chi connectivity index (χ2n) is 13.1. The standard InChI is InChI=1S/C42H28N2/c1-3-11-23(12-4-1)41-39-31-19-29(25-15-7-9-17-27(25)31)37(39)33-22-36-34(21-35(33)43-41)38-30-20-32(28-18-10-8-16-26(28)30)40(38)42(44-36)24-13-5-2-6-14-24/h1-18,21-22,29-32H,19-20H2. The fraction of sp³-hybridized carbons (Fsp3) is 0.143. The molecule has 0 saturated carbocycles. The van der Waals surface area contributed by atoms with E-state index >= 15 is 0 Å². The largest absolute Gasteiger partial charge is 0.247 e. The van der Waals surface area contributed by atoms with Crippen molar-refractivity contribution in [3.8, 4) is 22.5 Å². The first-order valence-electron chi connectivity index (χ1n) is 16.0. The second-order valence-corrected chi connectivity index (χ2v) is 13.1. The Morgan fingerprint density at radius 2 is 0.727 bits per heavy atom. The van der Waals surface area contributed by atoms with Crippen molar-refractivity contribution in [1.29, 1.82) is 0 Å². The van der Waals surface area contributed by atoms with Gasteiger partial charge >= 0.3 is 0 Å². The Balaban J connectivity index is 1.25. The average Bonchev–Trinajstić information content (AvgIpc) is 3.87. The summed E-state index contributed by atoms with van der Waals surface area (Å²) in [5.41, 5.74) is 18.8. The minimum atomic E-state index is 0.397. The van der Waals surface area contributed by atoms with Gasteiger partial charge in [-0.2, -0.15) is 0 Å². The molecule has 0 saturated heterocycles. The quantitative estimate of drug-likeness (QED) is 0.197. The van der Waals surface area contributed by atoms with Gasteiger partial charge in [0.1, 0.15) is 0 Å². The lowest BCUT2D eigenvalue weighted by molar-refractivity contribution is 0.797. The van der Waals surface area contributed by atoms with E-state index in [4.69, 9.17) is 9.97 Å². The third kappa shape index (κ3) is 2.87. The molecule has 2 heterocycles. The SMILES string of the molecule is c1ccc(-c2nc3cc4c5c(c(-c6ccccc6)nc4cc3c3c2C2CC3c3ccccc32)C2CC5c3ccccc32)cc1. The molecule has 206 valence electrons. The van der Waals surface area contributed by atoms with Crippen molar-refractivity contribution in [2.75, 3.05) is 0 Å². The first kappa shape index (κ1) is 23.4. The van der Waals surface area contributed by atoms with Crippen molar-refractivity contribution in [1.82, 2.24) is 9.97 Å². The van der Waals surface area contributed by atoms with E-state index in [1.54, 1.807) is 0 Å². The fourth-order valence-electron chi connectivity index (χ4n) is 9.55. The lowest BCUT2D eigenvalue weighted by Crippen LogP contribution is -2.09. The highest BCUT2D eigenvalue weighted by Gasteiger charge is 2.46. The van der Waals surface area contributed by atoms with Crippen LogP contribution in [-0.4, -0.2) is 9.97 Å². The molecule has 5 aromatic carbocycles. The second kappa shape index (κ2) is 8.30. The van der Waals surface area contributed by atoms with Crippen molar-refractivity contribution >= 4 is 21.8 Å². The van der Waals surface area contributed by atoms with Crippen LogP contribution in [0.4, 0.5) is 0 Å². The summed E-state index contributed by atoms with van der Waals surface area (Å²) >= 11 is 0. The Hall–Kier alpha value is -5.08. The summed E-state index contributed by atoms with van der Waals surface area (Å²) in [5, 5.41) is 2.56. The van der Waals surface area contributed by atoms with Gasteiger partial charge in [-0.1, -0.05) is 109 Å². The fourth-order valence-corrected chi connectivity index (χ4v) is 9.55. The molecule has 4 bridgehead atoms. The van der Waals surface area contributed by atoms with Gasteiger partial charge in [-0.3, -0.25) is 0 Å². The number of pyridine rings is 2. The molecule has 7 aromatic rings. The summed E-state index contributed by atoms with van der Waals surface area (Å²) < 4.78 is 0. The molecule has 0 N–H and O–H groups in total. The van der Waals surface area contributed by atoms with Crippen LogP contribution in [0.5, 0.6) is 0 Å². The number of fused-ring (bicyclic) bond motifs is 20. The van der Waals surface area contributed by atoms with Gasteiger partial charge in [-0.05, 0) is 69.5 Å². The zero-order chi connectivity index (χ0) is 28.5. The third-order valence-corrected chi connectivity index (χ3v) is 11.2. The molecule has 2 aromatic heterocycles. The normalized spacial score (nSPS) is 21.5. The molecule has 4 unspecified atom stereocenters. The van der Waals surface area contributed by atoms with Gasteiger partial charge in [-0.25, -0.2) is 9.97 Å². The van der Waals surface area contributed by atoms with E-state index in [1.807, 2.05) is 0 Å². The van der Waals surface area contributed by atoms with Crippen LogP contribution >= 0.6 is 0 Å². The highest BCUT2D eigenvalue weighted by molar-refractivity contribution is 6.03. The lowest BCUT2D eigenvalue weighted by Gasteiger charge is -2.26. The van der Waals surface area contributed by atoms with Crippen molar-refractivity contribution in [2.45, 2.75) is 36.5 Å².